The van der Waals surface area contributed by atoms with E-state index in [9.17, 15) is 0 Å². The SMILES string of the molecule is [O]=[Sn].[Sb].[Sb]. The molecule has 0 amide bonds. The molecule has 0 saturated heterocycles. The molecule has 0 atom stereocenters. The average molecular weight is 378 g/mol. The Morgan fingerprint density at radius 1 is 1.00 bits per heavy atom. The van der Waals surface area contributed by atoms with Gasteiger partial charge < -0.3 is 0 Å². The van der Waals surface area contributed by atoms with Gasteiger partial charge in [-0.3, -0.25) is 0 Å². The monoisotopic (exact) mass is 378 g/mol. The molecule has 0 fully saturated rings. The minimum Gasteiger partial charge on any atom is 0 e. The third-order valence-corrected chi connectivity index (χ3v) is 0. The Morgan fingerprint density at radius 2 is 1.00 bits per heavy atom. The summed E-state index contributed by atoms with van der Waals surface area (Å²) in [4.78, 5) is 0. The van der Waals surface area contributed by atoms with E-state index >= 15 is 0 Å². The normalized spacial score (nSPS) is 1.00. The van der Waals surface area contributed by atoms with E-state index in [0.29, 0.717) is 22.5 Å². The van der Waals surface area contributed by atoms with Crippen molar-refractivity contribution < 1.29 is 3.08 Å². The molecule has 0 unspecified atom stereocenters. The molecule has 0 spiro atoms. The van der Waals surface area contributed by atoms with Crippen LogP contribution in [0.3, 0.4) is 0 Å². The summed E-state index contributed by atoms with van der Waals surface area (Å²) in [7, 11) is 0. The summed E-state index contributed by atoms with van der Waals surface area (Å²) in [6, 6.07) is 0. The van der Waals surface area contributed by atoms with Crippen LogP contribution in [0.1, 0.15) is 0 Å². The van der Waals surface area contributed by atoms with E-state index in [4.69, 9.17) is 3.08 Å². The number of rotatable bonds is 0. The van der Waals surface area contributed by atoms with E-state index in [1.54, 1.807) is 0 Å². The van der Waals surface area contributed by atoms with Crippen molar-refractivity contribution in [3.8, 4) is 0 Å². The van der Waals surface area contributed by atoms with E-state index in [-0.39, 0.29) is 48.9 Å². The van der Waals surface area contributed by atoms with Crippen molar-refractivity contribution in [3.05, 3.63) is 0 Å². The van der Waals surface area contributed by atoms with Crippen LogP contribution in [-0.2, 0) is 3.08 Å². The summed E-state index contributed by atoms with van der Waals surface area (Å²) in [6.45, 7) is 0. The third kappa shape index (κ3) is 8.87. The second-order valence-electron chi connectivity index (χ2n) is 0. The molecule has 0 heterocycles. The van der Waals surface area contributed by atoms with E-state index in [0.717, 1.165) is 0 Å². The molecule has 0 aromatic rings. The summed E-state index contributed by atoms with van der Waals surface area (Å²) in [5, 5.41) is 0. The molecule has 8 radical (unpaired) electrons. The van der Waals surface area contributed by atoms with Gasteiger partial charge in [0, 0.05) is 48.9 Å². The number of hydrogen-bond donors (Lipinski definition) is 0. The maximum Gasteiger partial charge on any atom is 0 e. The van der Waals surface area contributed by atoms with Gasteiger partial charge in [0.25, 0.3) is 0 Å². The quantitative estimate of drug-likeness (QED) is 0.481. The first-order valence-corrected chi connectivity index (χ1v) is 1.37. The number of hydrogen-bond acceptors (Lipinski definition) is 1. The van der Waals surface area contributed by atoms with Gasteiger partial charge in [-0.05, 0) is 0 Å². The summed E-state index contributed by atoms with van der Waals surface area (Å²) in [5.41, 5.74) is 0. The van der Waals surface area contributed by atoms with Gasteiger partial charge in [-0.2, -0.15) is 0 Å². The van der Waals surface area contributed by atoms with E-state index in [2.05, 4.69) is 0 Å². The zero-order valence-corrected chi connectivity index (χ0v) is 9.76. The van der Waals surface area contributed by atoms with E-state index in [1.165, 1.54) is 0 Å². The Morgan fingerprint density at radius 3 is 1.00 bits per heavy atom. The molecule has 0 rings (SSSR count). The fourth-order valence-corrected chi connectivity index (χ4v) is 0. The van der Waals surface area contributed by atoms with Gasteiger partial charge in [0.05, 0.1) is 0 Å². The van der Waals surface area contributed by atoms with Crippen LogP contribution in [0, 0.1) is 0 Å². The zero-order valence-electron chi connectivity index (χ0n) is 1.80. The summed E-state index contributed by atoms with van der Waals surface area (Å²) < 4.78 is 8.34. The van der Waals surface area contributed by atoms with Gasteiger partial charge >= 0.3 is 25.6 Å². The first-order chi connectivity index (χ1) is 1.00. The maximum absolute atomic E-state index is 8.34. The van der Waals surface area contributed by atoms with Crippen LogP contribution in [0.5, 0.6) is 0 Å². The van der Waals surface area contributed by atoms with Crippen molar-refractivity contribution in [1.29, 1.82) is 0 Å². The molecule has 4 heavy (non-hydrogen) atoms. The summed E-state index contributed by atoms with van der Waals surface area (Å²) >= 11 is 0.300. The predicted molar refractivity (Wildman–Crippen MR) is 17.9 cm³/mol. The first kappa shape index (κ1) is 16.3. The Balaban J connectivity index is -0.00000000500. The van der Waals surface area contributed by atoms with Crippen molar-refractivity contribution in [2.45, 2.75) is 0 Å². The molecule has 0 aliphatic rings. The van der Waals surface area contributed by atoms with Gasteiger partial charge in [0.1, 0.15) is 0 Å². The molecule has 1 nitrogen and oxygen atoms in total. The van der Waals surface area contributed by atoms with Crippen molar-refractivity contribution in [3.63, 3.8) is 0 Å². The average Bonchev–Trinajstić information content (AvgIpc) is 1.00. The molecular weight excluding hydrogens is 378 g/mol. The van der Waals surface area contributed by atoms with Crippen molar-refractivity contribution >= 4 is 71.4 Å². The van der Waals surface area contributed by atoms with E-state index in [1.807, 2.05) is 0 Å². The van der Waals surface area contributed by atoms with Gasteiger partial charge in [-0.1, -0.05) is 0 Å². The van der Waals surface area contributed by atoms with Crippen LogP contribution >= 0.6 is 0 Å². The van der Waals surface area contributed by atoms with Gasteiger partial charge in [-0.15, -0.1) is 0 Å². The van der Waals surface area contributed by atoms with Crippen LogP contribution < -0.4 is 0 Å². The standard InChI is InChI=1S/O.2Sb.Sn. The molecule has 0 aromatic carbocycles. The Labute approximate surface area is 73.3 Å². The van der Waals surface area contributed by atoms with Crippen LogP contribution in [0.2, 0.25) is 0 Å². The molecule has 0 bridgehead atoms. The fraction of sp³-hybridized carbons (Fsp3) is 0. The van der Waals surface area contributed by atoms with Crippen LogP contribution in [0.4, 0.5) is 0 Å². The fourth-order valence-electron chi connectivity index (χ4n) is 0. The topological polar surface area (TPSA) is 17.1 Å². The molecule has 0 N–H and O–H groups in total. The summed E-state index contributed by atoms with van der Waals surface area (Å²) in [6.07, 6.45) is 0. The molecule has 0 aromatic heterocycles. The predicted octanol–water partition coefficient (Wildman–Crippen LogP) is -1.26. The van der Waals surface area contributed by atoms with Gasteiger partial charge in [0.2, 0.25) is 0 Å². The van der Waals surface area contributed by atoms with E-state index < -0.39 is 0 Å². The Kier molecular flexibility index (Phi) is 76.7. The van der Waals surface area contributed by atoms with Crippen molar-refractivity contribution in [2.24, 2.45) is 0 Å². The zero-order chi connectivity index (χ0) is 2.00. The molecule has 4 heteroatoms. The second-order valence-corrected chi connectivity index (χ2v) is 0. The van der Waals surface area contributed by atoms with Crippen molar-refractivity contribution in [2.75, 3.05) is 0 Å². The van der Waals surface area contributed by atoms with Crippen LogP contribution in [0.25, 0.3) is 0 Å². The van der Waals surface area contributed by atoms with Crippen LogP contribution in [0.15, 0.2) is 0 Å². The molecule has 0 saturated carbocycles. The largest absolute Gasteiger partial charge is 0 e. The third-order valence-electron chi connectivity index (χ3n) is 0. The van der Waals surface area contributed by atoms with Gasteiger partial charge in [0.15, 0.2) is 0 Å². The minimum absolute atomic E-state index is 0. The van der Waals surface area contributed by atoms with Gasteiger partial charge in [-0.25, -0.2) is 0 Å². The molecule has 20 valence electrons. The molecule has 0 aliphatic carbocycles. The smallest absolute Gasteiger partial charge is 0 e. The first-order valence-electron chi connectivity index (χ1n) is 0.204. The summed E-state index contributed by atoms with van der Waals surface area (Å²) in [5.74, 6) is 0. The molecule has 0 aliphatic heterocycles. The second kappa shape index (κ2) is 18.8. The Hall–Kier alpha value is 2.24. The maximum atomic E-state index is 8.34. The molecular formula is OSb2Sn. The Bertz CT molecular complexity index is 6.00. The van der Waals surface area contributed by atoms with Crippen molar-refractivity contribution in [1.82, 2.24) is 0 Å². The van der Waals surface area contributed by atoms with Crippen LogP contribution in [-0.4, -0.2) is 71.4 Å². The minimum atomic E-state index is 0.